The van der Waals surface area contributed by atoms with Gasteiger partial charge in [0.1, 0.15) is 6.54 Å². The number of unbranched alkanes of at least 4 members (excludes halogenated alkanes) is 1. The fraction of sp³-hybridized carbons (Fsp3) is 0.308. The van der Waals surface area contributed by atoms with Gasteiger partial charge in [0.25, 0.3) is 0 Å². The number of hydrogen-bond donors (Lipinski definition) is 1. The van der Waals surface area contributed by atoms with E-state index >= 15 is 0 Å². The molecule has 0 bridgehead atoms. The van der Waals surface area contributed by atoms with Crippen molar-refractivity contribution in [3.8, 4) is 0 Å². The Balaban J connectivity index is 1.76. The first-order chi connectivity index (χ1) is 16.0. The minimum absolute atomic E-state index is 0.00363. The van der Waals surface area contributed by atoms with E-state index in [1.165, 1.54) is 0 Å². The summed E-state index contributed by atoms with van der Waals surface area (Å²) in [4.78, 5) is 29.8. The summed E-state index contributed by atoms with van der Waals surface area (Å²) >= 11 is 6.05. The quantitative estimate of drug-likeness (QED) is 0.426. The Kier molecular flexibility index (Phi) is 8.95. The van der Waals surface area contributed by atoms with Gasteiger partial charge in [0, 0.05) is 42.7 Å². The second-order valence-corrected chi connectivity index (χ2v) is 8.50. The highest BCUT2D eigenvalue weighted by molar-refractivity contribution is 6.30. The summed E-state index contributed by atoms with van der Waals surface area (Å²) in [6.07, 6.45) is 3.70. The van der Waals surface area contributed by atoms with Crippen LogP contribution in [0.25, 0.3) is 0 Å². The molecule has 0 saturated carbocycles. The van der Waals surface area contributed by atoms with E-state index in [2.05, 4.69) is 12.2 Å². The number of carbonyl (C=O) groups excluding carboxylic acids is 2. The van der Waals surface area contributed by atoms with Crippen LogP contribution < -0.4 is 5.32 Å². The van der Waals surface area contributed by atoms with Crippen LogP contribution in [0.15, 0.2) is 72.9 Å². The van der Waals surface area contributed by atoms with Crippen LogP contribution in [-0.2, 0) is 24.9 Å². The number of halogens is 1. The maximum atomic E-state index is 13.4. The highest BCUT2D eigenvalue weighted by atomic mass is 35.5. The average Bonchev–Trinajstić information content (AvgIpc) is 3.21. The monoisotopic (exact) mass is 466 g/mol. The molecule has 174 valence electrons. The molecule has 7 heteroatoms. The molecule has 0 aliphatic heterocycles. The lowest BCUT2D eigenvalue weighted by Crippen LogP contribution is -2.44. The van der Waals surface area contributed by atoms with Crippen LogP contribution in [0, 0.1) is 0 Å². The normalized spacial score (nSPS) is 10.6. The minimum atomic E-state index is -0.308. The lowest BCUT2D eigenvalue weighted by atomic mass is 10.2. The third kappa shape index (κ3) is 7.39. The number of urea groups is 1. The van der Waals surface area contributed by atoms with E-state index in [9.17, 15) is 9.59 Å². The number of carbonyl (C=O) groups is 2. The summed E-state index contributed by atoms with van der Waals surface area (Å²) < 4.78 is 2.01. The molecule has 1 N–H and O–H groups in total. The van der Waals surface area contributed by atoms with Crippen molar-refractivity contribution >= 4 is 29.2 Å². The molecule has 0 spiro atoms. The number of amides is 3. The van der Waals surface area contributed by atoms with Crippen molar-refractivity contribution in [2.75, 3.05) is 18.4 Å². The smallest absolute Gasteiger partial charge is 0.322 e. The summed E-state index contributed by atoms with van der Waals surface area (Å²) in [5.41, 5.74) is 2.68. The molecule has 0 atom stereocenters. The van der Waals surface area contributed by atoms with Gasteiger partial charge in [0.2, 0.25) is 5.91 Å². The van der Waals surface area contributed by atoms with Crippen molar-refractivity contribution < 1.29 is 9.59 Å². The number of aryl methyl sites for hydroxylation is 1. The first-order valence-electron chi connectivity index (χ1n) is 11.2. The van der Waals surface area contributed by atoms with Crippen LogP contribution in [0.2, 0.25) is 5.02 Å². The zero-order valence-corrected chi connectivity index (χ0v) is 20.0. The van der Waals surface area contributed by atoms with Crippen molar-refractivity contribution in [1.82, 2.24) is 14.4 Å². The molecule has 0 aliphatic carbocycles. The molecular weight excluding hydrogens is 436 g/mol. The van der Waals surface area contributed by atoms with Crippen LogP contribution in [0.5, 0.6) is 0 Å². The summed E-state index contributed by atoms with van der Waals surface area (Å²) in [7, 11) is 1.96. The van der Waals surface area contributed by atoms with Gasteiger partial charge in [-0.15, -0.1) is 0 Å². The van der Waals surface area contributed by atoms with Crippen LogP contribution in [0.4, 0.5) is 10.5 Å². The van der Waals surface area contributed by atoms with Gasteiger partial charge >= 0.3 is 6.03 Å². The topological polar surface area (TPSA) is 57.6 Å². The molecule has 3 aromatic rings. The molecule has 3 rings (SSSR count). The average molecular weight is 467 g/mol. The van der Waals surface area contributed by atoms with Crippen molar-refractivity contribution in [3.05, 3.63) is 89.2 Å². The SMILES string of the molecule is CCCCN(CC(=O)N(Cc1ccccc1)Cc1cccn1C)C(=O)Nc1cccc(Cl)c1. The lowest BCUT2D eigenvalue weighted by molar-refractivity contribution is -0.133. The molecule has 0 radical (unpaired) electrons. The number of hydrogen-bond acceptors (Lipinski definition) is 2. The Morgan fingerprint density at radius 3 is 2.42 bits per heavy atom. The number of anilines is 1. The molecule has 1 aromatic heterocycles. The highest BCUT2D eigenvalue weighted by Gasteiger charge is 2.22. The van der Waals surface area contributed by atoms with E-state index in [1.54, 1.807) is 34.1 Å². The Bertz CT molecular complexity index is 1050. The van der Waals surface area contributed by atoms with Crippen LogP contribution in [0.1, 0.15) is 31.0 Å². The molecule has 2 aromatic carbocycles. The second kappa shape index (κ2) is 12.1. The summed E-state index contributed by atoms with van der Waals surface area (Å²) in [5, 5.41) is 3.41. The van der Waals surface area contributed by atoms with Crippen molar-refractivity contribution in [2.45, 2.75) is 32.9 Å². The number of nitrogens with zero attached hydrogens (tertiary/aromatic N) is 3. The summed E-state index contributed by atoms with van der Waals surface area (Å²) in [6.45, 7) is 3.50. The fourth-order valence-corrected chi connectivity index (χ4v) is 3.72. The fourth-order valence-electron chi connectivity index (χ4n) is 3.53. The summed E-state index contributed by atoms with van der Waals surface area (Å²) in [5.74, 6) is -0.0996. The first kappa shape index (κ1) is 24.4. The van der Waals surface area contributed by atoms with Gasteiger partial charge in [-0.3, -0.25) is 4.79 Å². The van der Waals surface area contributed by atoms with Gasteiger partial charge in [0.15, 0.2) is 0 Å². The maximum absolute atomic E-state index is 13.4. The Labute approximate surface area is 200 Å². The largest absolute Gasteiger partial charge is 0.353 e. The molecule has 0 aliphatic rings. The summed E-state index contributed by atoms with van der Waals surface area (Å²) in [6, 6.07) is 20.6. The number of benzene rings is 2. The van der Waals surface area contributed by atoms with Gasteiger partial charge in [0.05, 0.1) is 6.54 Å². The highest BCUT2D eigenvalue weighted by Crippen LogP contribution is 2.16. The second-order valence-electron chi connectivity index (χ2n) is 8.06. The molecule has 1 heterocycles. The van der Waals surface area contributed by atoms with E-state index in [4.69, 9.17) is 11.6 Å². The van der Waals surface area contributed by atoms with E-state index in [1.807, 2.05) is 60.3 Å². The number of aromatic nitrogens is 1. The molecule has 0 fully saturated rings. The van der Waals surface area contributed by atoms with E-state index < -0.39 is 0 Å². The van der Waals surface area contributed by atoms with Crippen LogP contribution >= 0.6 is 11.6 Å². The van der Waals surface area contributed by atoms with Gasteiger partial charge in [-0.05, 0) is 42.3 Å². The van der Waals surface area contributed by atoms with Crippen LogP contribution in [-0.4, -0.2) is 39.4 Å². The molecule has 6 nitrogen and oxygen atoms in total. The van der Waals surface area contributed by atoms with Gasteiger partial charge in [-0.2, -0.15) is 0 Å². The third-order valence-corrected chi connectivity index (χ3v) is 5.68. The molecular formula is C26H31ClN4O2. The lowest BCUT2D eigenvalue weighted by Gasteiger charge is -2.28. The number of rotatable bonds is 10. The first-order valence-corrected chi connectivity index (χ1v) is 11.6. The molecule has 3 amide bonds. The van der Waals surface area contributed by atoms with Gasteiger partial charge in [-0.1, -0.05) is 61.3 Å². The van der Waals surface area contributed by atoms with Gasteiger partial charge in [-0.25, -0.2) is 4.79 Å². The van der Waals surface area contributed by atoms with E-state index in [-0.39, 0.29) is 18.5 Å². The third-order valence-electron chi connectivity index (χ3n) is 5.44. The van der Waals surface area contributed by atoms with E-state index in [0.29, 0.717) is 30.3 Å². The maximum Gasteiger partial charge on any atom is 0.322 e. The predicted molar refractivity (Wildman–Crippen MR) is 133 cm³/mol. The zero-order valence-electron chi connectivity index (χ0n) is 19.2. The number of nitrogens with one attached hydrogen (secondary N) is 1. The van der Waals surface area contributed by atoms with Crippen molar-refractivity contribution in [3.63, 3.8) is 0 Å². The zero-order chi connectivity index (χ0) is 23.6. The minimum Gasteiger partial charge on any atom is -0.353 e. The van der Waals surface area contributed by atoms with Crippen molar-refractivity contribution in [2.24, 2.45) is 7.05 Å². The molecule has 33 heavy (non-hydrogen) atoms. The van der Waals surface area contributed by atoms with Crippen molar-refractivity contribution in [1.29, 1.82) is 0 Å². The predicted octanol–water partition coefficient (Wildman–Crippen LogP) is 5.54. The Morgan fingerprint density at radius 1 is 0.970 bits per heavy atom. The van der Waals surface area contributed by atoms with E-state index in [0.717, 1.165) is 24.1 Å². The van der Waals surface area contributed by atoms with Gasteiger partial charge < -0.3 is 19.7 Å². The van der Waals surface area contributed by atoms with Crippen LogP contribution in [0.3, 0.4) is 0 Å². The molecule has 0 saturated heterocycles. The Morgan fingerprint density at radius 2 is 1.76 bits per heavy atom. The standard InChI is InChI=1S/C26H31ClN4O2/c1-3-4-16-30(26(33)28-23-13-8-12-22(27)17-23)20-25(32)31(18-21-10-6-5-7-11-21)19-24-14-9-15-29(24)2/h5-15,17H,3-4,16,18-20H2,1-2H3,(H,28,33). The molecule has 0 unspecified atom stereocenters. The Hall–Kier alpha value is -3.25.